The number of nitrogens with zero attached hydrogens (tertiary/aromatic N) is 2. The van der Waals surface area contributed by atoms with Crippen molar-refractivity contribution in [2.45, 2.75) is 19.9 Å². The van der Waals surface area contributed by atoms with Crippen molar-refractivity contribution in [3.8, 4) is 0 Å². The molecule has 2 aromatic rings. The SMILES string of the molecule is CC(C)N(C)c1ccc2ncoc2c1. The summed E-state index contributed by atoms with van der Waals surface area (Å²) in [6, 6.07) is 6.54. The van der Waals surface area contributed by atoms with Crippen LogP contribution in [0.15, 0.2) is 29.0 Å². The number of hydrogen-bond donors (Lipinski definition) is 0. The second-order valence-electron chi connectivity index (χ2n) is 3.71. The van der Waals surface area contributed by atoms with Crippen molar-refractivity contribution >= 4 is 16.8 Å². The van der Waals surface area contributed by atoms with E-state index in [-0.39, 0.29) is 0 Å². The molecule has 1 aromatic carbocycles. The van der Waals surface area contributed by atoms with Crippen LogP contribution in [-0.2, 0) is 0 Å². The first-order chi connectivity index (χ1) is 6.68. The molecule has 0 aliphatic carbocycles. The van der Waals surface area contributed by atoms with E-state index < -0.39 is 0 Å². The molecule has 3 nitrogen and oxygen atoms in total. The molecular formula is C11H14N2O. The van der Waals surface area contributed by atoms with E-state index in [1.165, 1.54) is 6.39 Å². The zero-order valence-electron chi connectivity index (χ0n) is 8.69. The van der Waals surface area contributed by atoms with Gasteiger partial charge >= 0.3 is 0 Å². The van der Waals surface area contributed by atoms with Crippen LogP contribution in [0.4, 0.5) is 5.69 Å². The molecule has 0 radical (unpaired) electrons. The fraction of sp³-hybridized carbons (Fsp3) is 0.364. The average Bonchev–Trinajstić information content (AvgIpc) is 2.62. The lowest BCUT2D eigenvalue weighted by atomic mass is 10.2. The molecule has 0 spiro atoms. The van der Waals surface area contributed by atoms with Gasteiger partial charge in [-0.05, 0) is 26.0 Å². The van der Waals surface area contributed by atoms with Crippen LogP contribution in [0.1, 0.15) is 13.8 Å². The van der Waals surface area contributed by atoms with Crippen molar-refractivity contribution in [2.24, 2.45) is 0 Å². The first-order valence-electron chi connectivity index (χ1n) is 4.74. The Balaban J connectivity index is 2.43. The van der Waals surface area contributed by atoms with E-state index in [0.717, 1.165) is 16.8 Å². The molecule has 0 saturated carbocycles. The minimum atomic E-state index is 0.482. The molecule has 2 rings (SSSR count). The quantitative estimate of drug-likeness (QED) is 0.729. The molecule has 0 amide bonds. The van der Waals surface area contributed by atoms with E-state index in [1.54, 1.807) is 0 Å². The predicted octanol–water partition coefficient (Wildman–Crippen LogP) is 2.67. The van der Waals surface area contributed by atoms with Crippen molar-refractivity contribution < 1.29 is 4.42 Å². The zero-order valence-corrected chi connectivity index (χ0v) is 8.69. The Morgan fingerprint density at radius 3 is 2.86 bits per heavy atom. The van der Waals surface area contributed by atoms with Gasteiger partial charge < -0.3 is 9.32 Å². The molecule has 3 heteroatoms. The highest BCUT2D eigenvalue weighted by Gasteiger charge is 2.06. The van der Waals surface area contributed by atoms with Crippen LogP contribution in [0.3, 0.4) is 0 Å². The third-order valence-corrected chi connectivity index (χ3v) is 2.50. The van der Waals surface area contributed by atoms with Crippen molar-refractivity contribution in [3.05, 3.63) is 24.6 Å². The van der Waals surface area contributed by atoms with E-state index in [1.807, 2.05) is 12.1 Å². The first-order valence-corrected chi connectivity index (χ1v) is 4.74. The normalized spacial score (nSPS) is 11.1. The van der Waals surface area contributed by atoms with Crippen molar-refractivity contribution in [3.63, 3.8) is 0 Å². The van der Waals surface area contributed by atoms with Gasteiger partial charge in [-0.2, -0.15) is 0 Å². The summed E-state index contributed by atoms with van der Waals surface area (Å²) < 4.78 is 5.25. The van der Waals surface area contributed by atoms with Gasteiger partial charge in [0.1, 0.15) is 5.52 Å². The lowest BCUT2D eigenvalue weighted by Gasteiger charge is -2.23. The fourth-order valence-electron chi connectivity index (χ4n) is 1.36. The number of hydrogen-bond acceptors (Lipinski definition) is 3. The van der Waals surface area contributed by atoms with Crippen molar-refractivity contribution in [2.75, 3.05) is 11.9 Å². The molecule has 0 unspecified atom stereocenters. The Kier molecular flexibility index (Phi) is 2.15. The molecule has 1 aromatic heterocycles. The summed E-state index contributed by atoms with van der Waals surface area (Å²) in [5, 5.41) is 0. The lowest BCUT2D eigenvalue weighted by Crippen LogP contribution is -2.25. The Labute approximate surface area is 83.3 Å². The molecule has 74 valence electrons. The monoisotopic (exact) mass is 190 g/mol. The summed E-state index contributed by atoms with van der Waals surface area (Å²) in [6.45, 7) is 4.31. The Morgan fingerprint density at radius 1 is 1.36 bits per heavy atom. The molecule has 0 atom stereocenters. The minimum absolute atomic E-state index is 0.482. The van der Waals surface area contributed by atoms with E-state index in [0.29, 0.717) is 6.04 Å². The maximum atomic E-state index is 5.25. The molecule has 0 saturated heterocycles. The van der Waals surface area contributed by atoms with E-state index in [2.05, 4.69) is 36.8 Å². The maximum absolute atomic E-state index is 5.25. The maximum Gasteiger partial charge on any atom is 0.181 e. The zero-order chi connectivity index (χ0) is 10.1. The summed E-state index contributed by atoms with van der Waals surface area (Å²) >= 11 is 0. The highest BCUT2D eigenvalue weighted by Crippen LogP contribution is 2.21. The molecule has 0 aliphatic heterocycles. The summed E-state index contributed by atoms with van der Waals surface area (Å²) in [4.78, 5) is 6.28. The number of rotatable bonds is 2. The number of benzene rings is 1. The first kappa shape index (κ1) is 9.06. The highest BCUT2D eigenvalue weighted by atomic mass is 16.3. The molecule has 0 fully saturated rings. The van der Waals surface area contributed by atoms with E-state index in [4.69, 9.17) is 4.42 Å². The van der Waals surface area contributed by atoms with Gasteiger partial charge in [0, 0.05) is 24.8 Å². The van der Waals surface area contributed by atoms with Gasteiger partial charge in [-0.3, -0.25) is 0 Å². The number of aromatic nitrogens is 1. The number of oxazole rings is 1. The van der Waals surface area contributed by atoms with Crippen LogP contribution in [0, 0.1) is 0 Å². The third kappa shape index (κ3) is 1.45. The molecule has 0 N–H and O–H groups in total. The largest absolute Gasteiger partial charge is 0.443 e. The summed E-state index contributed by atoms with van der Waals surface area (Å²) in [6.07, 6.45) is 1.48. The Hall–Kier alpha value is -1.51. The molecule has 14 heavy (non-hydrogen) atoms. The van der Waals surface area contributed by atoms with E-state index in [9.17, 15) is 0 Å². The van der Waals surface area contributed by atoms with Crippen LogP contribution in [0.25, 0.3) is 11.1 Å². The molecule has 0 bridgehead atoms. The van der Waals surface area contributed by atoms with Crippen LogP contribution < -0.4 is 4.90 Å². The number of anilines is 1. The predicted molar refractivity (Wildman–Crippen MR) is 57.5 cm³/mol. The van der Waals surface area contributed by atoms with Gasteiger partial charge in [-0.1, -0.05) is 0 Å². The lowest BCUT2D eigenvalue weighted by molar-refractivity contribution is 0.602. The minimum Gasteiger partial charge on any atom is -0.443 e. The highest BCUT2D eigenvalue weighted by molar-refractivity contribution is 5.77. The Bertz CT molecular complexity index is 434. The topological polar surface area (TPSA) is 29.3 Å². The van der Waals surface area contributed by atoms with Crippen LogP contribution in [-0.4, -0.2) is 18.1 Å². The van der Waals surface area contributed by atoms with Gasteiger partial charge in [-0.15, -0.1) is 0 Å². The summed E-state index contributed by atoms with van der Waals surface area (Å²) in [7, 11) is 2.07. The van der Waals surface area contributed by atoms with Gasteiger partial charge in [-0.25, -0.2) is 4.98 Å². The van der Waals surface area contributed by atoms with Crippen molar-refractivity contribution in [1.82, 2.24) is 4.98 Å². The fourth-order valence-corrected chi connectivity index (χ4v) is 1.36. The second-order valence-corrected chi connectivity index (χ2v) is 3.71. The van der Waals surface area contributed by atoms with Crippen LogP contribution in [0.2, 0.25) is 0 Å². The second kappa shape index (κ2) is 3.33. The standard InChI is InChI=1S/C11H14N2O/c1-8(2)13(3)9-4-5-10-11(6-9)14-7-12-10/h4-8H,1-3H3. The molecule has 1 heterocycles. The van der Waals surface area contributed by atoms with Gasteiger partial charge in [0.25, 0.3) is 0 Å². The van der Waals surface area contributed by atoms with Crippen LogP contribution >= 0.6 is 0 Å². The van der Waals surface area contributed by atoms with Crippen LogP contribution in [0.5, 0.6) is 0 Å². The van der Waals surface area contributed by atoms with E-state index >= 15 is 0 Å². The number of fused-ring (bicyclic) bond motifs is 1. The molecule has 0 aliphatic rings. The smallest absolute Gasteiger partial charge is 0.181 e. The van der Waals surface area contributed by atoms with Gasteiger partial charge in [0.05, 0.1) is 0 Å². The third-order valence-electron chi connectivity index (χ3n) is 2.50. The van der Waals surface area contributed by atoms with Gasteiger partial charge in [0.15, 0.2) is 12.0 Å². The van der Waals surface area contributed by atoms with Crippen molar-refractivity contribution in [1.29, 1.82) is 0 Å². The summed E-state index contributed by atoms with van der Waals surface area (Å²) in [5.41, 5.74) is 2.91. The van der Waals surface area contributed by atoms with Gasteiger partial charge in [0.2, 0.25) is 0 Å². The Morgan fingerprint density at radius 2 is 2.14 bits per heavy atom. The molecular weight excluding hydrogens is 176 g/mol. The average molecular weight is 190 g/mol. The summed E-state index contributed by atoms with van der Waals surface area (Å²) in [5.74, 6) is 0.